The second kappa shape index (κ2) is 7.22. The van der Waals surface area contributed by atoms with Crippen LogP contribution in [0.3, 0.4) is 0 Å². The Morgan fingerprint density at radius 2 is 1.79 bits per heavy atom. The van der Waals surface area contributed by atoms with Crippen LogP contribution in [-0.4, -0.2) is 24.6 Å². The fraction of sp³-hybridized carbons (Fsp3) is 0.0476. The summed E-state index contributed by atoms with van der Waals surface area (Å²) >= 11 is 7.73. The van der Waals surface area contributed by atoms with Crippen LogP contribution in [0.1, 0.15) is 5.56 Å². The van der Waals surface area contributed by atoms with Gasteiger partial charge >= 0.3 is 0 Å². The third kappa shape index (κ3) is 3.21. The average Bonchev–Trinajstić information content (AvgIpc) is 3.19. The van der Waals surface area contributed by atoms with Crippen molar-refractivity contribution < 1.29 is 0 Å². The van der Waals surface area contributed by atoms with Crippen molar-refractivity contribution in [2.24, 2.45) is 0 Å². The summed E-state index contributed by atoms with van der Waals surface area (Å²) in [7, 11) is 0. The van der Waals surface area contributed by atoms with E-state index >= 15 is 0 Å². The topological polar surface area (TPSA) is 56.0 Å². The maximum atomic E-state index is 6.11. The SMILES string of the molecule is Clc1cccc(CSc2nc3ccccc3c3nc(-c4ccncc4)nn23)c1. The molecule has 0 N–H and O–H groups in total. The lowest BCUT2D eigenvalue weighted by Crippen LogP contribution is -1.98. The lowest BCUT2D eigenvalue weighted by Gasteiger charge is -2.06. The van der Waals surface area contributed by atoms with Crippen LogP contribution in [0.15, 0.2) is 78.2 Å². The van der Waals surface area contributed by atoms with Gasteiger partial charge in [0.2, 0.25) is 0 Å². The molecule has 0 bridgehead atoms. The molecule has 7 heteroatoms. The van der Waals surface area contributed by atoms with Crippen LogP contribution in [0.4, 0.5) is 0 Å². The highest BCUT2D eigenvalue weighted by Crippen LogP contribution is 2.28. The third-order valence-electron chi connectivity index (χ3n) is 4.34. The Morgan fingerprint density at radius 3 is 2.64 bits per heavy atom. The second-order valence-electron chi connectivity index (χ2n) is 6.24. The molecule has 0 saturated carbocycles. The van der Waals surface area contributed by atoms with Gasteiger partial charge in [0, 0.05) is 34.1 Å². The van der Waals surface area contributed by atoms with Gasteiger partial charge in [0.25, 0.3) is 0 Å². The van der Waals surface area contributed by atoms with E-state index in [4.69, 9.17) is 26.7 Å². The first kappa shape index (κ1) is 17.2. The fourth-order valence-electron chi connectivity index (χ4n) is 3.02. The van der Waals surface area contributed by atoms with E-state index < -0.39 is 0 Å². The van der Waals surface area contributed by atoms with Crippen molar-refractivity contribution in [2.75, 3.05) is 0 Å². The molecule has 0 fully saturated rings. The number of halogens is 1. The Labute approximate surface area is 170 Å². The average molecular weight is 404 g/mol. The van der Waals surface area contributed by atoms with Crippen molar-refractivity contribution in [3.8, 4) is 11.4 Å². The summed E-state index contributed by atoms with van der Waals surface area (Å²) in [6.45, 7) is 0. The summed E-state index contributed by atoms with van der Waals surface area (Å²) in [5.74, 6) is 1.40. The van der Waals surface area contributed by atoms with Crippen LogP contribution in [0.2, 0.25) is 5.02 Å². The smallest absolute Gasteiger partial charge is 0.191 e. The quantitative estimate of drug-likeness (QED) is 0.301. The predicted molar refractivity (Wildman–Crippen MR) is 113 cm³/mol. The number of benzene rings is 2. The lowest BCUT2D eigenvalue weighted by atomic mass is 10.2. The number of pyridine rings is 1. The van der Waals surface area contributed by atoms with Crippen molar-refractivity contribution in [1.82, 2.24) is 24.6 Å². The van der Waals surface area contributed by atoms with E-state index in [-0.39, 0.29) is 0 Å². The summed E-state index contributed by atoms with van der Waals surface area (Å²) in [4.78, 5) is 13.7. The monoisotopic (exact) mass is 403 g/mol. The molecular formula is C21H14ClN5S. The fourth-order valence-corrected chi connectivity index (χ4v) is 4.12. The zero-order valence-corrected chi connectivity index (χ0v) is 16.2. The Bertz CT molecular complexity index is 1290. The number of fused-ring (bicyclic) bond motifs is 3. The molecule has 3 heterocycles. The minimum Gasteiger partial charge on any atom is -0.265 e. The van der Waals surface area contributed by atoms with E-state index in [2.05, 4.69) is 11.1 Å². The van der Waals surface area contributed by atoms with Gasteiger partial charge < -0.3 is 0 Å². The van der Waals surface area contributed by atoms with E-state index in [0.717, 1.165) is 43.6 Å². The Hall–Kier alpha value is -2.96. The molecule has 136 valence electrons. The highest BCUT2D eigenvalue weighted by atomic mass is 35.5. The molecule has 5 nitrogen and oxygen atoms in total. The van der Waals surface area contributed by atoms with Crippen molar-refractivity contribution >= 4 is 39.9 Å². The molecule has 5 rings (SSSR count). The minimum absolute atomic E-state index is 0.658. The van der Waals surface area contributed by atoms with Crippen LogP contribution in [0, 0.1) is 0 Å². The molecule has 0 spiro atoms. The van der Waals surface area contributed by atoms with Gasteiger partial charge in [0.05, 0.1) is 5.52 Å². The summed E-state index contributed by atoms with van der Waals surface area (Å²) < 4.78 is 1.83. The van der Waals surface area contributed by atoms with Gasteiger partial charge in [-0.3, -0.25) is 4.98 Å². The number of rotatable bonds is 4. The summed E-state index contributed by atoms with van der Waals surface area (Å²) in [5, 5.41) is 7.23. The van der Waals surface area contributed by atoms with Crippen LogP contribution in [0.5, 0.6) is 0 Å². The number of hydrogen-bond donors (Lipinski definition) is 0. The first-order valence-corrected chi connectivity index (χ1v) is 10.1. The van der Waals surface area contributed by atoms with Crippen molar-refractivity contribution in [2.45, 2.75) is 10.9 Å². The Morgan fingerprint density at radius 1 is 0.929 bits per heavy atom. The van der Waals surface area contributed by atoms with Gasteiger partial charge in [-0.2, -0.15) is 4.52 Å². The molecule has 2 aromatic carbocycles. The molecule has 0 saturated heterocycles. The molecule has 3 aromatic heterocycles. The van der Waals surface area contributed by atoms with Crippen LogP contribution in [0.25, 0.3) is 27.9 Å². The number of hydrogen-bond acceptors (Lipinski definition) is 5. The molecule has 0 aliphatic heterocycles. The predicted octanol–water partition coefficient (Wildman–Crippen LogP) is 5.29. The van der Waals surface area contributed by atoms with Gasteiger partial charge in [-0.15, -0.1) is 5.10 Å². The van der Waals surface area contributed by atoms with Crippen LogP contribution < -0.4 is 0 Å². The summed E-state index contributed by atoms with van der Waals surface area (Å²) in [6.07, 6.45) is 3.48. The van der Waals surface area contributed by atoms with Gasteiger partial charge in [-0.1, -0.05) is 47.6 Å². The van der Waals surface area contributed by atoms with E-state index in [0.29, 0.717) is 5.82 Å². The van der Waals surface area contributed by atoms with E-state index in [1.54, 1.807) is 24.2 Å². The molecule has 0 unspecified atom stereocenters. The van der Waals surface area contributed by atoms with E-state index in [9.17, 15) is 0 Å². The van der Waals surface area contributed by atoms with Crippen molar-refractivity contribution in [3.05, 3.63) is 83.6 Å². The number of nitrogens with zero attached hydrogens (tertiary/aromatic N) is 5. The highest BCUT2D eigenvalue weighted by molar-refractivity contribution is 7.98. The maximum Gasteiger partial charge on any atom is 0.191 e. The molecule has 0 aliphatic carbocycles. The van der Waals surface area contributed by atoms with Gasteiger partial charge in [-0.05, 0) is 42.0 Å². The van der Waals surface area contributed by atoms with Crippen molar-refractivity contribution in [1.29, 1.82) is 0 Å². The molecular weight excluding hydrogens is 390 g/mol. The maximum absolute atomic E-state index is 6.11. The molecule has 28 heavy (non-hydrogen) atoms. The van der Waals surface area contributed by atoms with Gasteiger partial charge in [0.15, 0.2) is 16.6 Å². The summed E-state index contributed by atoms with van der Waals surface area (Å²) in [5.41, 5.74) is 3.76. The second-order valence-corrected chi connectivity index (χ2v) is 7.62. The molecule has 0 atom stereocenters. The minimum atomic E-state index is 0.658. The number of aromatic nitrogens is 5. The standard InChI is InChI=1S/C21H14ClN5S/c22-16-5-3-4-14(12-16)13-28-21-24-18-7-2-1-6-17(18)20-25-19(26-27(20)21)15-8-10-23-11-9-15/h1-12H,13H2. The van der Waals surface area contributed by atoms with E-state index in [1.165, 1.54) is 0 Å². The Balaban J connectivity index is 1.63. The van der Waals surface area contributed by atoms with Crippen LogP contribution in [-0.2, 0) is 5.75 Å². The first-order valence-electron chi connectivity index (χ1n) is 8.71. The molecule has 5 aromatic rings. The van der Waals surface area contributed by atoms with Crippen LogP contribution >= 0.6 is 23.4 Å². The number of para-hydroxylation sites is 1. The lowest BCUT2D eigenvalue weighted by molar-refractivity contribution is 0.811. The summed E-state index contributed by atoms with van der Waals surface area (Å²) in [6, 6.07) is 19.7. The molecule has 0 amide bonds. The zero-order valence-electron chi connectivity index (χ0n) is 14.7. The highest BCUT2D eigenvalue weighted by Gasteiger charge is 2.15. The van der Waals surface area contributed by atoms with E-state index in [1.807, 2.05) is 59.1 Å². The molecule has 0 radical (unpaired) electrons. The zero-order chi connectivity index (χ0) is 18.9. The Kier molecular flexibility index (Phi) is 4.43. The largest absolute Gasteiger partial charge is 0.265 e. The van der Waals surface area contributed by atoms with Gasteiger partial charge in [0.1, 0.15) is 0 Å². The normalized spacial score (nSPS) is 11.3. The number of thioether (sulfide) groups is 1. The third-order valence-corrected chi connectivity index (χ3v) is 5.58. The molecule has 0 aliphatic rings. The van der Waals surface area contributed by atoms with Crippen molar-refractivity contribution in [3.63, 3.8) is 0 Å². The first-order chi connectivity index (χ1) is 13.8. The van der Waals surface area contributed by atoms with Gasteiger partial charge in [-0.25, -0.2) is 9.97 Å².